The van der Waals surface area contributed by atoms with Crippen LogP contribution in [0.5, 0.6) is 0 Å². The average Bonchev–Trinajstić information content (AvgIpc) is 3.07. The summed E-state index contributed by atoms with van der Waals surface area (Å²) in [5, 5.41) is 4.37. The summed E-state index contributed by atoms with van der Waals surface area (Å²) in [5.41, 5.74) is 2.14. The van der Waals surface area contributed by atoms with E-state index in [0.29, 0.717) is 18.3 Å². The molecule has 3 heterocycles. The van der Waals surface area contributed by atoms with E-state index in [1.807, 2.05) is 6.92 Å². The van der Waals surface area contributed by atoms with Crippen molar-refractivity contribution in [1.82, 2.24) is 9.88 Å². The molecule has 2 aliphatic rings. The lowest BCUT2D eigenvalue weighted by atomic mass is 9.98. The third-order valence-corrected chi connectivity index (χ3v) is 4.95. The molecule has 5 nitrogen and oxygen atoms in total. The van der Waals surface area contributed by atoms with Gasteiger partial charge in [-0.15, -0.1) is 11.3 Å². The molecule has 1 N–H and O–H groups in total. The van der Waals surface area contributed by atoms with Crippen molar-refractivity contribution in [2.24, 2.45) is 0 Å². The Hall–Kier alpha value is -1.14. The second-order valence-corrected chi connectivity index (χ2v) is 6.30. The molecule has 3 rings (SSSR count). The average molecular weight is 295 g/mol. The van der Waals surface area contributed by atoms with E-state index in [-0.39, 0.29) is 5.97 Å². The summed E-state index contributed by atoms with van der Waals surface area (Å²) in [6.07, 6.45) is 4.94. The van der Waals surface area contributed by atoms with Gasteiger partial charge in [-0.25, -0.2) is 9.78 Å². The van der Waals surface area contributed by atoms with Gasteiger partial charge in [-0.05, 0) is 39.2 Å². The number of nitrogens with one attached hydrogen (secondary N) is 1. The van der Waals surface area contributed by atoms with E-state index in [1.54, 1.807) is 5.51 Å². The van der Waals surface area contributed by atoms with Crippen LogP contribution in [0, 0.1) is 0 Å². The van der Waals surface area contributed by atoms with Gasteiger partial charge >= 0.3 is 5.97 Å². The van der Waals surface area contributed by atoms with Crippen molar-refractivity contribution in [1.29, 1.82) is 0 Å². The maximum Gasteiger partial charge on any atom is 0.360 e. The minimum absolute atomic E-state index is 0.324. The standard InChI is InChI=1S/C14H21N3O2S/c1-2-19-14(18)12-13(20-9-15-12)16-10-5-7-17-6-3-4-11(17)8-10/h9-11,16H,2-8H2,1H3. The lowest BCUT2D eigenvalue weighted by molar-refractivity contribution is 0.0521. The molecule has 0 spiro atoms. The van der Waals surface area contributed by atoms with Crippen LogP contribution in [0.3, 0.4) is 0 Å². The summed E-state index contributed by atoms with van der Waals surface area (Å²) < 4.78 is 5.04. The van der Waals surface area contributed by atoms with Gasteiger partial charge in [0.25, 0.3) is 0 Å². The number of fused-ring (bicyclic) bond motifs is 1. The van der Waals surface area contributed by atoms with Gasteiger partial charge in [0.05, 0.1) is 12.1 Å². The number of anilines is 1. The number of thiazole rings is 1. The van der Waals surface area contributed by atoms with Gasteiger partial charge in [0.2, 0.25) is 0 Å². The largest absolute Gasteiger partial charge is 0.461 e. The predicted octanol–water partition coefficient (Wildman–Crippen LogP) is 2.36. The van der Waals surface area contributed by atoms with Gasteiger partial charge in [0.15, 0.2) is 5.69 Å². The monoisotopic (exact) mass is 295 g/mol. The van der Waals surface area contributed by atoms with Crippen molar-refractivity contribution in [2.75, 3.05) is 25.0 Å². The zero-order chi connectivity index (χ0) is 13.9. The molecule has 6 heteroatoms. The van der Waals surface area contributed by atoms with Crippen molar-refractivity contribution in [3.63, 3.8) is 0 Å². The Balaban J connectivity index is 1.63. The Morgan fingerprint density at radius 3 is 3.30 bits per heavy atom. The number of rotatable bonds is 4. The minimum atomic E-state index is -0.324. The Morgan fingerprint density at radius 2 is 2.45 bits per heavy atom. The smallest absolute Gasteiger partial charge is 0.360 e. The molecule has 0 bridgehead atoms. The van der Waals surface area contributed by atoms with Crippen LogP contribution < -0.4 is 5.32 Å². The number of esters is 1. The highest BCUT2D eigenvalue weighted by Gasteiger charge is 2.32. The zero-order valence-corrected chi connectivity index (χ0v) is 12.6. The molecule has 0 saturated carbocycles. The molecule has 0 aliphatic carbocycles. The molecule has 1 aromatic heterocycles. The van der Waals surface area contributed by atoms with Crippen molar-refractivity contribution >= 4 is 22.3 Å². The molecule has 2 fully saturated rings. The quantitative estimate of drug-likeness (QED) is 0.864. The van der Waals surface area contributed by atoms with Crippen LogP contribution in [0.4, 0.5) is 5.00 Å². The van der Waals surface area contributed by atoms with E-state index in [4.69, 9.17) is 4.74 Å². The molecule has 0 amide bonds. The van der Waals surface area contributed by atoms with Gasteiger partial charge in [0.1, 0.15) is 5.00 Å². The summed E-state index contributed by atoms with van der Waals surface area (Å²) in [6.45, 7) is 4.62. The third kappa shape index (κ3) is 2.81. The molecule has 2 unspecified atom stereocenters. The van der Waals surface area contributed by atoms with E-state index >= 15 is 0 Å². The first-order chi connectivity index (χ1) is 9.78. The second kappa shape index (κ2) is 6.10. The summed E-state index contributed by atoms with van der Waals surface area (Å²) in [5.74, 6) is -0.324. The maximum atomic E-state index is 11.8. The summed E-state index contributed by atoms with van der Waals surface area (Å²) in [6, 6.07) is 1.17. The molecule has 0 aromatic carbocycles. The van der Waals surface area contributed by atoms with Gasteiger partial charge in [-0.1, -0.05) is 0 Å². The Morgan fingerprint density at radius 1 is 1.55 bits per heavy atom. The topological polar surface area (TPSA) is 54.5 Å². The molecule has 0 radical (unpaired) electrons. The molecule has 1 aromatic rings. The van der Waals surface area contributed by atoms with E-state index in [9.17, 15) is 4.79 Å². The number of carbonyl (C=O) groups excluding carboxylic acids is 1. The fourth-order valence-corrected chi connectivity index (χ4v) is 3.98. The summed E-state index contributed by atoms with van der Waals surface area (Å²) >= 11 is 1.49. The fraction of sp³-hybridized carbons (Fsp3) is 0.714. The predicted molar refractivity (Wildman–Crippen MR) is 79.3 cm³/mol. The summed E-state index contributed by atoms with van der Waals surface area (Å²) in [7, 11) is 0. The van der Waals surface area contributed by atoms with Crippen LogP contribution in [0.15, 0.2) is 5.51 Å². The van der Waals surface area contributed by atoms with Crippen molar-refractivity contribution < 1.29 is 9.53 Å². The SMILES string of the molecule is CCOC(=O)c1ncsc1NC1CCN2CCCC2C1. The highest BCUT2D eigenvalue weighted by atomic mass is 32.1. The van der Waals surface area contributed by atoms with Crippen LogP contribution in [-0.2, 0) is 4.74 Å². The van der Waals surface area contributed by atoms with E-state index in [2.05, 4.69) is 15.2 Å². The van der Waals surface area contributed by atoms with Crippen LogP contribution in [0.25, 0.3) is 0 Å². The molecule has 110 valence electrons. The lowest BCUT2D eigenvalue weighted by Gasteiger charge is -2.35. The van der Waals surface area contributed by atoms with Crippen molar-refractivity contribution in [3.05, 3.63) is 11.2 Å². The van der Waals surface area contributed by atoms with Gasteiger partial charge in [0, 0.05) is 18.6 Å². The number of piperidine rings is 1. The van der Waals surface area contributed by atoms with Gasteiger partial charge in [-0.3, -0.25) is 0 Å². The van der Waals surface area contributed by atoms with Crippen molar-refractivity contribution in [2.45, 2.75) is 44.7 Å². The third-order valence-electron chi connectivity index (χ3n) is 4.19. The number of aromatic nitrogens is 1. The number of carbonyl (C=O) groups is 1. The van der Waals surface area contributed by atoms with Gasteiger partial charge < -0.3 is 15.0 Å². The van der Waals surface area contributed by atoms with Gasteiger partial charge in [-0.2, -0.15) is 0 Å². The number of hydrogen-bond acceptors (Lipinski definition) is 6. The van der Waals surface area contributed by atoms with Crippen molar-refractivity contribution in [3.8, 4) is 0 Å². The van der Waals surface area contributed by atoms with Crippen LogP contribution >= 0.6 is 11.3 Å². The molecule has 20 heavy (non-hydrogen) atoms. The lowest BCUT2D eigenvalue weighted by Crippen LogP contribution is -2.42. The maximum absolute atomic E-state index is 11.8. The zero-order valence-electron chi connectivity index (χ0n) is 11.8. The first-order valence-corrected chi connectivity index (χ1v) is 8.27. The second-order valence-electron chi connectivity index (χ2n) is 5.45. The summed E-state index contributed by atoms with van der Waals surface area (Å²) in [4.78, 5) is 18.6. The normalized spacial score (nSPS) is 26.2. The van der Waals surface area contributed by atoms with Crippen LogP contribution in [-0.4, -0.2) is 47.6 Å². The van der Waals surface area contributed by atoms with E-state index < -0.39 is 0 Å². The van der Waals surface area contributed by atoms with E-state index in [0.717, 1.165) is 24.0 Å². The van der Waals surface area contributed by atoms with Crippen LogP contribution in [0.2, 0.25) is 0 Å². The number of ether oxygens (including phenoxy) is 1. The molecular weight excluding hydrogens is 274 g/mol. The molecule has 2 saturated heterocycles. The minimum Gasteiger partial charge on any atom is -0.461 e. The first-order valence-electron chi connectivity index (χ1n) is 7.39. The molecule has 2 aliphatic heterocycles. The van der Waals surface area contributed by atoms with E-state index in [1.165, 1.54) is 37.1 Å². The highest BCUT2D eigenvalue weighted by Crippen LogP contribution is 2.30. The first kappa shape index (κ1) is 13.8. The Bertz CT molecular complexity index is 477. The molecular formula is C14H21N3O2S. The Labute approximate surface area is 123 Å². The Kier molecular flexibility index (Phi) is 4.21. The number of hydrogen-bond donors (Lipinski definition) is 1. The number of nitrogens with zero attached hydrogens (tertiary/aromatic N) is 2. The molecule has 2 atom stereocenters. The fourth-order valence-electron chi connectivity index (χ4n) is 3.23. The van der Waals surface area contributed by atoms with Crippen LogP contribution in [0.1, 0.15) is 43.1 Å². The highest BCUT2D eigenvalue weighted by molar-refractivity contribution is 7.14.